The zero-order chi connectivity index (χ0) is 14.0. The Morgan fingerprint density at radius 3 is 2.89 bits per heavy atom. The zero-order valence-corrected chi connectivity index (χ0v) is 11.3. The standard InChI is InChI=1S/C14H20N2O3/c1-9(17)10-6-7-16(8-10)14(18)11-4-3-5-12(15)13(11)19-2/h3-5,9-10,17H,6-8,15H2,1-2H3. The lowest BCUT2D eigenvalue weighted by Gasteiger charge is -2.19. The molecule has 0 aromatic heterocycles. The molecule has 1 heterocycles. The number of amides is 1. The van der Waals surface area contributed by atoms with Crippen LogP contribution in [0.3, 0.4) is 0 Å². The van der Waals surface area contributed by atoms with Crippen LogP contribution in [0.4, 0.5) is 5.69 Å². The highest BCUT2D eigenvalue weighted by molar-refractivity contribution is 5.98. The molecule has 5 nitrogen and oxygen atoms in total. The van der Waals surface area contributed by atoms with Crippen molar-refractivity contribution in [3.05, 3.63) is 23.8 Å². The summed E-state index contributed by atoms with van der Waals surface area (Å²) in [6.07, 6.45) is 0.439. The van der Waals surface area contributed by atoms with Crippen LogP contribution in [0.5, 0.6) is 5.75 Å². The van der Waals surface area contributed by atoms with Crippen LogP contribution in [0, 0.1) is 5.92 Å². The molecule has 2 atom stereocenters. The van der Waals surface area contributed by atoms with Gasteiger partial charge < -0.3 is 20.5 Å². The first-order chi connectivity index (χ1) is 9.04. The van der Waals surface area contributed by atoms with E-state index in [1.54, 1.807) is 30.0 Å². The quantitative estimate of drug-likeness (QED) is 0.802. The molecular formula is C14H20N2O3. The van der Waals surface area contributed by atoms with Crippen molar-refractivity contribution < 1.29 is 14.6 Å². The number of carbonyl (C=O) groups is 1. The summed E-state index contributed by atoms with van der Waals surface area (Å²) in [5.41, 5.74) is 6.75. The molecule has 1 aromatic carbocycles. The normalized spacial score (nSPS) is 20.4. The fourth-order valence-corrected chi connectivity index (χ4v) is 2.49. The molecule has 1 fully saturated rings. The molecule has 2 rings (SSSR count). The molecule has 1 aromatic rings. The molecule has 0 aliphatic carbocycles. The molecule has 1 aliphatic heterocycles. The third-order valence-electron chi connectivity index (χ3n) is 3.67. The number of ether oxygens (including phenoxy) is 1. The number of benzene rings is 1. The highest BCUT2D eigenvalue weighted by atomic mass is 16.5. The Balaban J connectivity index is 2.19. The first kappa shape index (κ1) is 13.7. The van der Waals surface area contributed by atoms with Gasteiger partial charge in [0.1, 0.15) is 0 Å². The van der Waals surface area contributed by atoms with Gasteiger partial charge in [0.05, 0.1) is 24.5 Å². The fraction of sp³-hybridized carbons (Fsp3) is 0.500. The zero-order valence-electron chi connectivity index (χ0n) is 11.3. The van der Waals surface area contributed by atoms with Crippen LogP contribution in [0.1, 0.15) is 23.7 Å². The topological polar surface area (TPSA) is 75.8 Å². The van der Waals surface area contributed by atoms with E-state index >= 15 is 0 Å². The Kier molecular flexibility index (Phi) is 3.95. The van der Waals surface area contributed by atoms with Gasteiger partial charge in [-0.05, 0) is 25.5 Å². The summed E-state index contributed by atoms with van der Waals surface area (Å²) in [6.45, 7) is 3.00. The van der Waals surface area contributed by atoms with Crippen LogP contribution in [-0.4, -0.2) is 42.2 Å². The van der Waals surface area contributed by atoms with Gasteiger partial charge in [-0.1, -0.05) is 6.07 Å². The highest BCUT2D eigenvalue weighted by Gasteiger charge is 2.30. The third-order valence-corrected chi connectivity index (χ3v) is 3.67. The number of nitrogen functional groups attached to an aromatic ring is 1. The molecule has 2 unspecified atom stereocenters. The molecular weight excluding hydrogens is 244 g/mol. The summed E-state index contributed by atoms with van der Waals surface area (Å²) in [5, 5.41) is 9.58. The van der Waals surface area contributed by atoms with Crippen molar-refractivity contribution in [2.45, 2.75) is 19.4 Å². The van der Waals surface area contributed by atoms with Gasteiger partial charge in [0.2, 0.25) is 0 Å². The second-order valence-corrected chi connectivity index (χ2v) is 4.97. The number of methoxy groups -OCH3 is 1. The van der Waals surface area contributed by atoms with E-state index in [4.69, 9.17) is 10.5 Å². The van der Waals surface area contributed by atoms with E-state index in [1.165, 1.54) is 7.11 Å². The van der Waals surface area contributed by atoms with Crippen molar-refractivity contribution in [1.82, 2.24) is 4.90 Å². The number of likely N-dealkylation sites (tertiary alicyclic amines) is 1. The average molecular weight is 264 g/mol. The Labute approximate surface area is 113 Å². The maximum absolute atomic E-state index is 12.5. The predicted octanol–water partition coefficient (Wildman–Crippen LogP) is 1.12. The molecule has 1 amide bonds. The van der Waals surface area contributed by atoms with Crippen LogP contribution in [0.2, 0.25) is 0 Å². The molecule has 0 spiro atoms. The molecule has 19 heavy (non-hydrogen) atoms. The predicted molar refractivity (Wildman–Crippen MR) is 73.1 cm³/mol. The summed E-state index contributed by atoms with van der Waals surface area (Å²) in [5.74, 6) is 0.483. The Hall–Kier alpha value is -1.75. The van der Waals surface area contributed by atoms with Crippen LogP contribution < -0.4 is 10.5 Å². The van der Waals surface area contributed by atoms with Crippen molar-refractivity contribution >= 4 is 11.6 Å². The minimum Gasteiger partial charge on any atom is -0.494 e. The van der Waals surface area contributed by atoms with Crippen molar-refractivity contribution in [2.75, 3.05) is 25.9 Å². The van der Waals surface area contributed by atoms with Crippen molar-refractivity contribution in [1.29, 1.82) is 0 Å². The molecule has 1 aliphatic rings. The van der Waals surface area contributed by atoms with E-state index in [-0.39, 0.29) is 17.9 Å². The van der Waals surface area contributed by atoms with Crippen LogP contribution >= 0.6 is 0 Å². The lowest BCUT2D eigenvalue weighted by atomic mass is 10.0. The highest BCUT2D eigenvalue weighted by Crippen LogP contribution is 2.29. The van der Waals surface area contributed by atoms with Gasteiger partial charge >= 0.3 is 0 Å². The first-order valence-corrected chi connectivity index (χ1v) is 6.44. The summed E-state index contributed by atoms with van der Waals surface area (Å²) < 4.78 is 5.21. The molecule has 1 saturated heterocycles. The fourth-order valence-electron chi connectivity index (χ4n) is 2.49. The minimum atomic E-state index is -0.388. The minimum absolute atomic E-state index is 0.0905. The monoisotopic (exact) mass is 264 g/mol. The lowest BCUT2D eigenvalue weighted by Crippen LogP contribution is -2.30. The van der Waals surface area contributed by atoms with Crippen molar-refractivity contribution in [3.8, 4) is 5.75 Å². The maximum Gasteiger partial charge on any atom is 0.257 e. The number of rotatable bonds is 3. The summed E-state index contributed by atoms with van der Waals surface area (Å²) in [6, 6.07) is 5.17. The molecule has 5 heteroatoms. The van der Waals surface area contributed by atoms with Crippen molar-refractivity contribution in [3.63, 3.8) is 0 Å². The SMILES string of the molecule is COc1c(N)cccc1C(=O)N1CCC(C(C)O)C1. The van der Waals surface area contributed by atoms with E-state index in [0.29, 0.717) is 30.1 Å². The number of carbonyl (C=O) groups excluding carboxylic acids is 1. The lowest BCUT2D eigenvalue weighted by molar-refractivity contribution is 0.0759. The molecule has 0 bridgehead atoms. The summed E-state index contributed by atoms with van der Waals surface area (Å²) in [7, 11) is 1.51. The Morgan fingerprint density at radius 1 is 1.58 bits per heavy atom. The van der Waals surface area contributed by atoms with Gasteiger partial charge in [0.15, 0.2) is 5.75 Å². The van der Waals surface area contributed by atoms with Crippen LogP contribution in [0.15, 0.2) is 18.2 Å². The molecule has 104 valence electrons. The van der Waals surface area contributed by atoms with Crippen molar-refractivity contribution in [2.24, 2.45) is 5.92 Å². The smallest absolute Gasteiger partial charge is 0.257 e. The van der Waals surface area contributed by atoms with Gasteiger partial charge in [-0.15, -0.1) is 0 Å². The maximum atomic E-state index is 12.5. The Bertz CT molecular complexity index is 474. The number of nitrogens with two attached hydrogens (primary N) is 1. The molecule has 3 N–H and O–H groups in total. The van der Waals surface area contributed by atoms with E-state index in [9.17, 15) is 9.90 Å². The number of aliphatic hydroxyl groups is 1. The van der Waals surface area contributed by atoms with E-state index in [1.807, 2.05) is 0 Å². The number of anilines is 1. The van der Waals surface area contributed by atoms with E-state index in [2.05, 4.69) is 0 Å². The summed E-state index contributed by atoms with van der Waals surface area (Å²) >= 11 is 0. The van der Waals surface area contributed by atoms with Gasteiger partial charge in [0.25, 0.3) is 5.91 Å². The van der Waals surface area contributed by atoms with Crippen LogP contribution in [0.25, 0.3) is 0 Å². The van der Waals surface area contributed by atoms with Crippen LogP contribution in [-0.2, 0) is 0 Å². The third kappa shape index (κ3) is 2.66. The van der Waals surface area contributed by atoms with E-state index in [0.717, 1.165) is 6.42 Å². The van der Waals surface area contributed by atoms with E-state index < -0.39 is 0 Å². The van der Waals surface area contributed by atoms with Gasteiger partial charge in [-0.25, -0.2) is 0 Å². The second-order valence-electron chi connectivity index (χ2n) is 4.97. The largest absolute Gasteiger partial charge is 0.494 e. The van der Waals surface area contributed by atoms with Gasteiger partial charge in [-0.2, -0.15) is 0 Å². The second kappa shape index (κ2) is 5.48. The number of aliphatic hydroxyl groups excluding tert-OH is 1. The van der Waals surface area contributed by atoms with Gasteiger partial charge in [0, 0.05) is 19.0 Å². The Morgan fingerprint density at radius 2 is 2.32 bits per heavy atom. The molecule has 0 radical (unpaired) electrons. The molecule has 0 saturated carbocycles. The average Bonchev–Trinajstić information content (AvgIpc) is 2.87. The van der Waals surface area contributed by atoms with Gasteiger partial charge in [-0.3, -0.25) is 4.79 Å². The summed E-state index contributed by atoms with van der Waals surface area (Å²) in [4.78, 5) is 14.2. The first-order valence-electron chi connectivity index (χ1n) is 6.44. The number of hydrogen-bond donors (Lipinski definition) is 2. The number of hydrogen-bond acceptors (Lipinski definition) is 4. The number of nitrogens with zero attached hydrogens (tertiary/aromatic N) is 1. The number of para-hydroxylation sites is 1.